The lowest BCUT2D eigenvalue weighted by atomic mass is 9.99. The van der Waals surface area contributed by atoms with Gasteiger partial charge in [0.15, 0.2) is 11.5 Å². The predicted octanol–water partition coefficient (Wildman–Crippen LogP) is 4.01. The van der Waals surface area contributed by atoms with Crippen LogP contribution in [0.25, 0.3) is 5.57 Å². The molecule has 0 spiro atoms. The van der Waals surface area contributed by atoms with E-state index in [4.69, 9.17) is 9.47 Å². The quantitative estimate of drug-likeness (QED) is 0.853. The minimum Gasteiger partial charge on any atom is -0.453 e. The Hall–Kier alpha value is -2.73. The molecule has 0 atom stereocenters. The summed E-state index contributed by atoms with van der Waals surface area (Å²) in [4.78, 5) is 6.93. The van der Waals surface area contributed by atoms with Gasteiger partial charge in [-0.05, 0) is 51.1 Å². The van der Waals surface area contributed by atoms with Gasteiger partial charge in [-0.25, -0.2) is 4.98 Å². The van der Waals surface area contributed by atoms with E-state index in [1.54, 1.807) is 0 Å². The summed E-state index contributed by atoms with van der Waals surface area (Å²) in [6.07, 6.45) is 4.48. The van der Waals surface area contributed by atoms with Gasteiger partial charge in [0.2, 0.25) is 6.79 Å². The number of hydrogen-bond donors (Lipinski definition) is 2. The van der Waals surface area contributed by atoms with Crippen LogP contribution in [-0.4, -0.2) is 43.9 Å². The molecule has 0 radical (unpaired) electrons. The van der Waals surface area contributed by atoms with Crippen molar-refractivity contribution in [3.8, 4) is 11.5 Å². The van der Waals surface area contributed by atoms with E-state index < -0.39 is 0 Å². The molecule has 6 heteroatoms. The topological polar surface area (TPSA) is 58.7 Å². The Bertz CT molecular complexity index is 879. The molecule has 3 heterocycles. The zero-order chi connectivity index (χ0) is 18.8. The minimum atomic E-state index is 0.269. The number of pyridine rings is 1. The van der Waals surface area contributed by atoms with E-state index in [-0.39, 0.29) is 6.79 Å². The first-order valence-electron chi connectivity index (χ1n) is 9.37. The zero-order valence-corrected chi connectivity index (χ0v) is 16.1. The maximum Gasteiger partial charge on any atom is 0.231 e. The summed E-state index contributed by atoms with van der Waals surface area (Å²) in [7, 11) is 4.07. The molecule has 1 aromatic heterocycles. The third-order valence-electron chi connectivity index (χ3n) is 4.97. The van der Waals surface area contributed by atoms with Crippen LogP contribution in [0.5, 0.6) is 11.5 Å². The van der Waals surface area contributed by atoms with Crippen LogP contribution >= 0.6 is 0 Å². The third-order valence-corrected chi connectivity index (χ3v) is 4.97. The van der Waals surface area contributed by atoms with Gasteiger partial charge in [0.05, 0.1) is 0 Å². The average Bonchev–Trinajstić information content (AvgIpc) is 3.01. The summed E-state index contributed by atoms with van der Waals surface area (Å²) < 4.78 is 11.5. The summed E-state index contributed by atoms with van der Waals surface area (Å²) in [6, 6.07) is 8.15. The third kappa shape index (κ3) is 3.85. The zero-order valence-electron chi connectivity index (χ0n) is 16.1. The average molecular weight is 366 g/mol. The second kappa shape index (κ2) is 7.48. The molecule has 2 aliphatic rings. The Morgan fingerprint density at radius 1 is 1.11 bits per heavy atom. The number of fused-ring (bicyclic) bond motifs is 1. The van der Waals surface area contributed by atoms with Crippen LogP contribution < -0.4 is 20.1 Å². The van der Waals surface area contributed by atoms with Crippen molar-refractivity contribution in [1.29, 1.82) is 0 Å². The van der Waals surface area contributed by atoms with Crippen LogP contribution in [-0.2, 0) is 0 Å². The van der Waals surface area contributed by atoms with Crippen LogP contribution in [0, 0.1) is 6.92 Å². The second-order valence-corrected chi connectivity index (χ2v) is 7.11. The first-order chi connectivity index (χ1) is 13.1. The van der Waals surface area contributed by atoms with E-state index in [0.717, 1.165) is 65.9 Å². The van der Waals surface area contributed by atoms with Gasteiger partial charge in [0.25, 0.3) is 0 Å². The summed E-state index contributed by atoms with van der Waals surface area (Å²) >= 11 is 0. The van der Waals surface area contributed by atoms with Crippen molar-refractivity contribution in [1.82, 2.24) is 9.88 Å². The Labute approximate surface area is 160 Å². The highest BCUT2D eigenvalue weighted by molar-refractivity contribution is 5.79. The monoisotopic (exact) mass is 366 g/mol. The predicted molar refractivity (Wildman–Crippen MR) is 109 cm³/mol. The Kier molecular flexibility index (Phi) is 4.90. The molecule has 0 fully saturated rings. The molecule has 2 N–H and O–H groups in total. The van der Waals surface area contributed by atoms with Crippen molar-refractivity contribution in [2.75, 3.05) is 44.6 Å². The number of likely N-dealkylation sites (N-methyl/N-ethyl adjacent to an activating group) is 1. The molecule has 0 unspecified atom stereocenters. The van der Waals surface area contributed by atoms with E-state index in [1.165, 1.54) is 5.57 Å². The molecule has 0 amide bonds. The van der Waals surface area contributed by atoms with E-state index in [9.17, 15) is 0 Å². The molecule has 0 bridgehead atoms. The van der Waals surface area contributed by atoms with Crippen LogP contribution in [0.1, 0.15) is 24.1 Å². The number of allylic oxidation sites excluding steroid dienone is 1. The largest absolute Gasteiger partial charge is 0.453 e. The molecule has 0 saturated heterocycles. The Balaban J connectivity index is 1.70. The number of ether oxygens (including phenoxy) is 2. The highest BCUT2D eigenvalue weighted by Gasteiger charge is 2.22. The lowest BCUT2D eigenvalue weighted by molar-refractivity contribution is 0.173. The number of benzene rings is 1. The number of rotatable bonds is 4. The van der Waals surface area contributed by atoms with Gasteiger partial charge in [0.1, 0.15) is 5.82 Å². The number of anilines is 3. The summed E-state index contributed by atoms with van der Waals surface area (Å²) in [5.41, 5.74) is 5.37. The number of nitrogens with one attached hydrogen (secondary N) is 2. The molecular formula is C21H26N4O2. The Morgan fingerprint density at radius 2 is 2.00 bits per heavy atom. The molecule has 1 aromatic carbocycles. The maximum atomic E-state index is 5.78. The normalized spacial score (nSPS) is 16.6. The fourth-order valence-electron chi connectivity index (χ4n) is 3.59. The molecule has 2 aliphatic heterocycles. The van der Waals surface area contributed by atoms with Gasteiger partial charge in [-0.3, -0.25) is 0 Å². The standard InChI is InChI=1S/C21H26N4O2/c1-14-9-16(22-2)12-20(23-14)24-17-10-18(21-19(11-17)26-13-27-21)15-5-4-7-25(3)8-6-15/h6,9-12H,4-5,7-8,13H2,1-3H3,(H2,22,23,24). The van der Waals surface area contributed by atoms with Crippen molar-refractivity contribution in [3.05, 3.63) is 41.6 Å². The fourth-order valence-corrected chi connectivity index (χ4v) is 3.59. The van der Waals surface area contributed by atoms with Crippen molar-refractivity contribution in [2.45, 2.75) is 19.8 Å². The van der Waals surface area contributed by atoms with Crippen molar-refractivity contribution < 1.29 is 9.47 Å². The van der Waals surface area contributed by atoms with E-state index >= 15 is 0 Å². The van der Waals surface area contributed by atoms with Gasteiger partial charge in [-0.1, -0.05) is 6.08 Å². The fraction of sp³-hybridized carbons (Fsp3) is 0.381. The lowest BCUT2D eigenvalue weighted by Crippen LogP contribution is -2.17. The summed E-state index contributed by atoms with van der Waals surface area (Å²) in [5.74, 6) is 2.44. The molecule has 6 nitrogen and oxygen atoms in total. The van der Waals surface area contributed by atoms with Gasteiger partial charge in [-0.15, -0.1) is 0 Å². The van der Waals surface area contributed by atoms with Crippen LogP contribution in [0.4, 0.5) is 17.2 Å². The van der Waals surface area contributed by atoms with Gasteiger partial charge in [-0.2, -0.15) is 0 Å². The van der Waals surface area contributed by atoms with E-state index in [0.29, 0.717) is 0 Å². The molecular weight excluding hydrogens is 340 g/mol. The van der Waals surface area contributed by atoms with Crippen molar-refractivity contribution >= 4 is 22.8 Å². The molecule has 142 valence electrons. The summed E-state index contributed by atoms with van der Waals surface area (Å²) in [6.45, 7) is 4.32. The van der Waals surface area contributed by atoms with Crippen molar-refractivity contribution in [2.24, 2.45) is 0 Å². The minimum absolute atomic E-state index is 0.269. The smallest absolute Gasteiger partial charge is 0.231 e. The highest BCUT2D eigenvalue weighted by atomic mass is 16.7. The van der Waals surface area contributed by atoms with Crippen LogP contribution in [0.3, 0.4) is 0 Å². The summed E-state index contributed by atoms with van der Waals surface area (Å²) in [5, 5.41) is 6.60. The van der Waals surface area contributed by atoms with Gasteiger partial charge >= 0.3 is 0 Å². The number of aryl methyl sites for hydroxylation is 1. The number of hydrogen-bond acceptors (Lipinski definition) is 6. The van der Waals surface area contributed by atoms with E-state index in [2.05, 4.69) is 39.7 Å². The van der Waals surface area contributed by atoms with Crippen molar-refractivity contribution in [3.63, 3.8) is 0 Å². The lowest BCUT2D eigenvalue weighted by Gasteiger charge is -2.14. The van der Waals surface area contributed by atoms with E-state index in [1.807, 2.05) is 32.2 Å². The first kappa shape index (κ1) is 17.7. The number of aromatic nitrogens is 1. The molecule has 2 aromatic rings. The second-order valence-electron chi connectivity index (χ2n) is 7.11. The van der Waals surface area contributed by atoms with Crippen LogP contribution in [0.2, 0.25) is 0 Å². The van der Waals surface area contributed by atoms with Gasteiger partial charge < -0.3 is 25.0 Å². The molecule has 27 heavy (non-hydrogen) atoms. The molecule has 0 aliphatic carbocycles. The van der Waals surface area contributed by atoms with Gasteiger partial charge in [0, 0.05) is 48.4 Å². The SMILES string of the molecule is CNc1cc(C)nc(Nc2cc3c(c(C4=CCN(C)CCC4)c2)OCO3)c1. The Morgan fingerprint density at radius 3 is 2.85 bits per heavy atom. The first-order valence-corrected chi connectivity index (χ1v) is 9.37. The molecule has 0 saturated carbocycles. The number of nitrogens with zero attached hydrogens (tertiary/aromatic N) is 2. The highest BCUT2D eigenvalue weighted by Crippen LogP contribution is 2.43. The maximum absolute atomic E-state index is 5.78. The van der Waals surface area contributed by atoms with Crippen LogP contribution in [0.15, 0.2) is 30.3 Å². The molecule has 4 rings (SSSR count).